The number of hydrogen-bond acceptors (Lipinski definition) is 6. The van der Waals surface area contributed by atoms with E-state index in [1.54, 1.807) is 20.8 Å². The number of carbonyl (C=O) groups is 1. The molecule has 0 heterocycles. The number of nitrogens with zero attached hydrogens (tertiary/aromatic N) is 2. The van der Waals surface area contributed by atoms with Gasteiger partial charge in [-0.2, -0.15) is 0 Å². The lowest BCUT2D eigenvalue weighted by Crippen LogP contribution is -2.34. The van der Waals surface area contributed by atoms with Crippen LogP contribution in [0, 0.1) is 21.8 Å². The lowest BCUT2D eigenvalue weighted by Gasteiger charge is -2.25. The maximum absolute atomic E-state index is 14.4. The number of hydrogen-bond donors (Lipinski definition) is 1. The molecule has 9 heteroatoms. The standard InChI is InChI=1S/C18H25FN2O6/c1-18(2,3)27-17(23)20(4)9-12-7-13(21(24)25)8-14(19)16(12)26-10-15(22)11-5-6-11/h7-8,11,15,22H,5-6,9-10H2,1-4H3. The van der Waals surface area contributed by atoms with Gasteiger partial charge in [-0.3, -0.25) is 10.1 Å². The summed E-state index contributed by atoms with van der Waals surface area (Å²) in [5.41, 5.74) is -1.04. The highest BCUT2D eigenvalue weighted by Crippen LogP contribution is 2.34. The van der Waals surface area contributed by atoms with Crippen LogP contribution in [-0.4, -0.2) is 46.4 Å². The summed E-state index contributed by atoms with van der Waals surface area (Å²) in [7, 11) is 1.44. The summed E-state index contributed by atoms with van der Waals surface area (Å²) < 4.78 is 25.1. The van der Waals surface area contributed by atoms with E-state index in [0.29, 0.717) is 0 Å². The highest BCUT2D eigenvalue weighted by atomic mass is 19.1. The van der Waals surface area contributed by atoms with Crippen molar-refractivity contribution in [2.45, 2.75) is 51.9 Å². The Morgan fingerprint density at radius 1 is 1.44 bits per heavy atom. The number of aliphatic hydroxyl groups excluding tert-OH is 1. The van der Waals surface area contributed by atoms with Crippen LogP contribution in [0.5, 0.6) is 5.75 Å². The highest BCUT2D eigenvalue weighted by Gasteiger charge is 2.31. The van der Waals surface area contributed by atoms with E-state index in [-0.39, 0.29) is 30.4 Å². The second-order valence-electron chi connectivity index (χ2n) is 7.73. The zero-order chi connectivity index (χ0) is 20.4. The predicted octanol–water partition coefficient (Wildman–Crippen LogP) is 3.25. The first-order valence-corrected chi connectivity index (χ1v) is 8.69. The van der Waals surface area contributed by atoms with E-state index < -0.39 is 34.2 Å². The average molecular weight is 384 g/mol. The minimum Gasteiger partial charge on any atom is -0.487 e. The van der Waals surface area contributed by atoms with Crippen molar-refractivity contribution in [1.29, 1.82) is 0 Å². The van der Waals surface area contributed by atoms with Gasteiger partial charge in [0.05, 0.1) is 23.6 Å². The van der Waals surface area contributed by atoms with Crippen LogP contribution in [0.15, 0.2) is 12.1 Å². The van der Waals surface area contributed by atoms with Gasteiger partial charge >= 0.3 is 6.09 Å². The number of benzene rings is 1. The summed E-state index contributed by atoms with van der Waals surface area (Å²) in [5.74, 6) is -0.991. The molecule has 1 fully saturated rings. The van der Waals surface area contributed by atoms with E-state index in [9.17, 15) is 24.4 Å². The molecule has 1 atom stereocenters. The monoisotopic (exact) mass is 384 g/mol. The third-order valence-electron chi connectivity index (χ3n) is 3.99. The minimum absolute atomic E-state index is 0.122. The lowest BCUT2D eigenvalue weighted by atomic mass is 10.1. The minimum atomic E-state index is -0.917. The summed E-state index contributed by atoms with van der Waals surface area (Å²) in [6, 6.07) is 1.92. The van der Waals surface area contributed by atoms with Gasteiger partial charge in [-0.1, -0.05) is 0 Å². The Balaban J connectivity index is 2.21. The highest BCUT2D eigenvalue weighted by molar-refractivity contribution is 5.68. The normalized spacial score (nSPS) is 15.2. The lowest BCUT2D eigenvalue weighted by molar-refractivity contribution is -0.385. The van der Waals surface area contributed by atoms with Crippen LogP contribution in [0.4, 0.5) is 14.9 Å². The van der Waals surface area contributed by atoms with Crippen LogP contribution in [0.2, 0.25) is 0 Å². The Labute approximate surface area is 157 Å². The van der Waals surface area contributed by atoms with Gasteiger partial charge in [0.1, 0.15) is 12.2 Å². The number of ether oxygens (including phenoxy) is 2. The predicted molar refractivity (Wildman–Crippen MR) is 95.0 cm³/mol. The number of rotatable bonds is 7. The topological polar surface area (TPSA) is 102 Å². The molecule has 1 aliphatic carbocycles. The van der Waals surface area contributed by atoms with Crippen LogP contribution in [-0.2, 0) is 11.3 Å². The van der Waals surface area contributed by atoms with Gasteiger partial charge in [-0.25, -0.2) is 9.18 Å². The summed E-state index contributed by atoms with van der Waals surface area (Å²) in [6.45, 7) is 4.85. The zero-order valence-corrected chi connectivity index (χ0v) is 15.9. The molecule has 0 spiro atoms. The fourth-order valence-corrected chi connectivity index (χ4v) is 2.46. The van der Waals surface area contributed by atoms with Crippen LogP contribution in [0.1, 0.15) is 39.2 Å². The molecule has 1 saturated carbocycles. The number of halogens is 1. The van der Waals surface area contributed by atoms with E-state index >= 15 is 0 Å². The Bertz CT molecular complexity index is 715. The Morgan fingerprint density at radius 3 is 2.59 bits per heavy atom. The Hall–Kier alpha value is -2.42. The van der Waals surface area contributed by atoms with Gasteiger partial charge < -0.3 is 19.5 Å². The van der Waals surface area contributed by atoms with Crippen molar-refractivity contribution in [3.05, 3.63) is 33.6 Å². The van der Waals surface area contributed by atoms with Crippen molar-refractivity contribution in [1.82, 2.24) is 4.90 Å². The van der Waals surface area contributed by atoms with Gasteiger partial charge in [0.2, 0.25) is 0 Å². The molecular weight excluding hydrogens is 359 g/mol. The second kappa shape index (κ2) is 8.08. The fourth-order valence-electron chi connectivity index (χ4n) is 2.46. The molecule has 1 unspecified atom stereocenters. The van der Waals surface area contributed by atoms with Gasteiger partial charge in [0, 0.05) is 18.7 Å². The molecule has 8 nitrogen and oxygen atoms in total. The van der Waals surface area contributed by atoms with E-state index in [4.69, 9.17) is 9.47 Å². The number of non-ortho nitro benzene ring substituents is 1. The van der Waals surface area contributed by atoms with Gasteiger partial charge in [0.25, 0.3) is 5.69 Å². The van der Waals surface area contributed by atoms with Crippen molar-refractivity contribution < 1.29 is 28.7 Å². The van der Waals surface area contributed by atoms with Crippen LogP contribution >= 0.6 is 0 Å². The van der Waals surface area contributed by atoms with Gasteiger partial charge in [-0.05, 0) is 39.5 Å². The average Bonchev–Trinajstić information content (AvgIpc) is 3.36. The van der Waals surface area contributed by atoms with Crippen molar-refractivity contribution in [2.75, 3.05) is 13.7 Å². The molecule has 1 aromatic carbocycles. The largest absolute Gasteiger partial charge is 0.487 e. The number of amides is 1. The molecule has 27 heavy (non-hydrogen) atoms. The zero-order valence-electron chi connectivity index (χ0n) is 15.9. The Kier molecular flexibility index (Phi) is 6.25. The number of carbonyl (C=O) groups excluding carboxylic acids is 1. The smallest absolute Gasteiger partial charge is 0.410 e. The summed E-state index contributed by atoms with van der Waals surface area (Å²) in [4.78, 5) is 23.6. The first-order valence-electron chi connectivity index (χ1n) is 8.69. The van der Waals surface area contributed by atoms with E-state index in [0.717, 1.165) is 25.0 Å². The Morgan fingerprint density at radius 2 is 2.07 bits per heavy atom. The molecule has 2 rings (SSSR count). The van der Waals surface area contributed by atoms with Gasteiger partial charge in [-0.15, -0.1) is 0 Å². The van der Waals surface area contributed by atoms with Crippen molar-refractivity contribution in [3.63, 3.8) is 0 Å². The number of nitro benzene ring substituents is 1. The van der Waals surface area contributed by atoms with E-state index in [1.165, 1.54) is 11.9 Å². The molecule has 0 bridgehead atoms. The maximum Gasteiger partial charge on any atom is 0.410 e. The van der Waals surface area contributed by atoms with Gasteiger partial charge in [0.15, 0.2) is 11.6 Å². The van der Waals surface area contributed by atoms with Crippen molar-refractivity contribution >= 4 is 11.8 Å². The molecule has 1 amide bonds. The van der Waals surface area contributed by atoms with Crippen LogP contribution in [0.3, 0.4) is 0 Å². The first kappa shape index (κ1) is 20.9. The number of aliphatic hydroxyl groups is 1. The maximum atomic E-state index is 14.4. The van der Waals surface area contributed by atoms with Crippen molar-refractivity contribution in [3.8, 4) is 5.75 Å². The molecule has 0 aromatic heterocycles. The first-order chi connectivity index (χ1) is 12.5. The van der Waals surface area contributed by atoms with Crippen LogP contribution < -0.4 is 4.74 Å². The van der Waals surface area contributed by atoms with Crippen LogP contribution in [0.25, 0.3) is 0 Å². The molecular formula is C18H25FN2O6. The SMILES string of the molecule is CN(Cc1cc([N+](=O)[O-])cc(F)c1OCC(O)C1CC1)C(=O)OC(C)(C)C. The fraction of sp³-hybridized carbons (Fsp3) is 0.611. The molecule has 1 N–H and O–H groups in total. The molecule has 1 aromatic rings. The third kappa shape index (κ3) is 6.06. The molecule has 0 saturated heterocycles. The summed E-state index contributed by atoms with van der Waals surface area (Å²) in [6.07, 6.45) is 0.401. The molecule has 1 aliphatic rings. The molecule has 150 valence electrons. The second-order valence-corrected chi connectivity index (χ2v) is 7.73. The van der Waals surface area contributed by atoms with Crippen molar-refractivity contribution in [2.24, 2.45) is 5.92 Å². The molecule has 0 radical (unpaired) electrons. The third-order valence-corrected chi connectivity index (χ3v) is 3.99. The summed E-state index contributed by atoms with van der Waals surface area (Å²) in [5, 5.41) is 21.0. The molecule has 0 aliphatic heterocycles. The summed E-state index contributed by atoms with van der Waals surface area (Å²) >= 11 is 0. The quantitative estimate of drug-likeness (QED) is 0.572. The number of nitro groups is 1. The van der Waals surface area contributed by atoms with E-state index in [2.05, 4.69) is 0 Å². The van der Waals surface area contributed by atoms with E-state index in [1.807, 2.05) is 0 Å².